The number of ether oxygens (including phenoxy) is 1. The van der Waals surface area contributed by atoms with E-state index in [0.29, 0.717) is 12.1 Å². The number of rotatable bonds is 10. The van der Waals surface area contributed by atoms with Gasteiger partial charge >= 0.3 is 0 Å². The molecule has 1 saturated heterocycles. The molecule has 21 heavy (non-hydrogen) atoms. The van der Waals surface area contributed by atoms with E-state index in [1.807, 2.05) is 0 Å². The van der Waals surface area contributed by atoms with Gasteiger partial charge in [-0.2, -0.15) is 0 Å². The molecule has 3 unspecified atom stereocenters. The Hall–Kier alpha value is -0.120. The van der Waals surface area contributed by atoms with Crippen molar-refractivity contribution in [2.45, 2.75) is 72.4 Å². The fourth-order valence-corrected chi connectivity index (χ4v) is 3.04. The Kier molecular flexibility index (Phi) is 9.54. The normalized spacial score (nSPS) is 25.4. The predicted octanol–water partition coefficient (Wildman–Crippen LogP) is 3.54. The molecule has 3 heteroatoms. The quantitative estimate of drug-likeness (QED) is 0.624. The molecule has 0 radical (unpaired) electrons. The topological polar surface area (TPSA) is 24.5 Å². The number of nitrogens with zero attached hydrogens (tertiary/aromatic N) is 1. The fourth-order valence-electron chi connectivity index (χ4n) is 3.04. The zero-order valence-corrected chi connectivity index (χ0v) is 15.0. The van der Waals surface area contributed by atoms with E-state index >= 15 is 0 Å². The van der Waals surface area contributed by atoms with Crippen LogP contribution in [0.2, 0.25) is 0 Å². The van der Waals surface area contributed by atoms with Gasteiger partial charge in [0.05, 0.1) is 6.61 Å². The van der Waals surface area contributed by atoms with Crippen molar-refractivity contribution in [1.29, 1.82) is 0 Å². The molecule has 0 bridgehead atoms. The van der Waals surface area contributed by atoms with Crippen molar-refractivity contribution in [1.82, 2.24) is 10.2 Å². The van der Waals surface area contributed by atoms with E-state index < -0.39 is 0 Å². The van der Waals surface area contributed by atoms with Gasteiger partial charge in [-0.1, -0.05) is 47.5 Å². The Morgan fingerprint density at radius 3 is 2.57 bits per heavy atom. The van der Waals surface area contributed by atoms with Gasteiger partial charge in [0.1, 0.15) is 0 Å². The van der Waals surface area contributed by atoms with Crippen molar-refractivity contribution in [2.24, 2.45) is 11.8 Å². The molecule has 0 aliphatic carbocycles. The Morgan fingerprint density at radius 2 is 1.95 bits per heavy atom. The second-order valence-corrected chi connectivity index (χ2v) is 7.13. The highest BCUT2D eigenvalue weighted by atomic mass is 16.5. The van der Waals surface area contributed by atoms with Gasteiger partial charge < -0.3 is 10.1 Å². The molecule has 1 N–H and O–H groups in total. The van der Waals surface area contributed by atoms with Crippen LogP contribution < -0.4 is 5.32 Å². The smallest absolute Gasteiger partial charge is 0.0593 e. The summed E-state index contributed by atoms with van der Waals surface area (Å²) in [6.07, 6.45) is 5.00. The van der Waals surface area contributed by atoms with Crippen LogP contribution in [-0.2, 0) is 4.74 Å². The summed E-state index contributed by atoms with van der Waals surface area (Å²) in [5.74, 6) is 1.50. The van der Waals surface area contributed by atoms with Gasteiger partial charge in [0.15, 0.2) is 0 Å². The average Bonchev–Trinajstić information content (AvgIpc) is 2.47. The van der Waals surface area contributed by atoms with Crippen molar-refractivity contribution < 1.29 is 4.74 Å². The van der Waals surface area contributed by atoms with E-state index in [1.165, 1.54) is 32.2 Å². The summed E-state index contributed by atoms with van der Waals surface area (Å²) in [7, 11) is 0. The van der Waals surface area contributed by atoms with Gasteiger partial charge in [-0.3, -0.25) is 4.90 Å². The molecule has 1 heterocycles. The molecule has 3 atom stereocenters. The molecule has 3 nitrogen and oxygen atoms in total. The molecule has 0 aromatic carbocycles. The van der Waals surface area contributed by atoms with Gasteiger partial charge in [-0.15, -0.1) is 0 Å². The van der Waals surface area contributed by atoms with Crippen molar-refractivity contribution in [3.05, 3.63) is 0 Å². The van der Waals surface area contributed by atoms with E-state index in [-0.39, 0.29) is 0 Å². The van der Waals surface area contributed by atoms with Gasteiger partial charge in [-0.25, -0.2) is 0 Å². The van der Waals surface area contributed by atoms with Crippen LogP contribution >= 0.6 is 0 Å². The lowest BCUT2D eigenvalue weighted by molar-refractivity contribution is 0.0511. The van der Waals surface area contributed by atoms with Gasteiger partial charge in [0.25, 0.3) is 0 Å². The van der Waals surface area contributed by atoms with E-state index in [0.717, 1.165) is 38.1 Å². The number of nitrogens with one attached hydrogen (secondary N) is 1. The summed E-state index contributed by atoms with van der Waals surface area (Å²) in [4.78, 5) is 2.67. The lowest BCUT2D eigenvalue weighted by Crippen LogP contribution is -2.58. The van der Waals surface area contributed by atoms with Gasteiger partial charge in [0.2, 0.25) is 0 Å². The summed E-state index contributed by atoms with van der Waals surface area (Å²) >= 11 is 0. The molecule has 0 amide bonds. The molecule has 0 aromatic rings. The monoisotopic (exact) mass is 298 g/mol. The third kappa shape index (κ3) is 7.12. The first-order valence-electron chi connectivity index (χ1n) is 9.13. The first-order chi connectivity index (χ1) is 10.1. The largest absolute Gasteiger partial charge is 0.380 e. The van der Waals surface area contributed by atoms with Crippen molar-refractivity contribution in [3.63, 3.8) is 0 Å². The molecule has 1 rings (SSSR count). The van der Waals surface area contributed by atoms with Crippen molar-refractivity contribution >= 4 is 0 Å². The third-order valence-electron chi connectivity index (χ3n) is 4.88. The molecule has 126 valence electrons. The Labute approximate surface area is 132 Å². The van der Waals surface area contributed by atoms with Gasteiger partial charge in [-0.05, 0) is 24.7 Å². The minimum absolute atomic E-state index is 0.652. The average molecular weight is 299 g/mol. The fraction of sp³-hybridized carbons (Fsp3) is 1.00. The van der Waals surface area contributed by atoms with E-state index in [2.05, 4.69) is 44.8 Å². The molecular formula is C18H38N2O. The highest BCUT2D eigenvalue weighted by Crippen LogP contribution is 2.18. The maximum Gasteiger partial charge on any atom is 0.0593 e. The molecule has 0 aromatic heterocycles. The van der Waals surface area contributed by atoms with E-state index in [1.54, 1.807) is 0 Å². The van der Waals surface area contributed by atoms with Crippen LogP contribution in [0.3, 0.4) is 0 Å². The summed E-state index contributed by atoms with van der Waals surface area (Å²) in [6, 6.07) is 1.35. The first kappa shape index (κ1) is 18.9. The van der Waals surface area contributed by atoms with Crippen LogP contribution in [0.5, 0.6) is 0 Å². The number of piperazine rings is 1. The standard InChI is InChI=1S/C18H38N2O/c1-6-8-17-13-19-18(16(5)7-2)14-20(17)10-12-21-11-9-15(3)4/h15-19H,6-14H2,1-5H3. The van der Waals surface area contributed by atoms with Crippen LogP contribution in [0, 0.1) is 11.8 Å². The molecule has 1 aliphatic rings. The predicted molar refractivity (Wildman–Crippen MR) is 91.8 cm³/mol. The lowest BCUT2D eigenvalue weighted by atomic mass is 9.94. The Balaban J connectivity index is 2.36. The van der Waals surface area contributed by atoms with Crippen LogP contribution in [0.4, 0.5) is 0 Å². The number of hydrogen-bond acceptors (Lipinski definition) is 3. The van der Waals surface area contributed by atoms with Crippen LogP contribution in [0.25, 0.3) is 0 Å². The van der Waals surface area contributed by atoms with Crippen molar-refractivity contribution in [2.75, 3.05) is 32.8 Å². The van der Waals surface area contributed by atoms with Crippen LogP contribution in [0.1, 0.15) is 60.3 Å². The molecular weight excluding hydrogens is 260 g/mol. The first-order valence-corrected chi connectivity index (χ1v) is 9.13. The van der Waals surface area contributed by atoms with E-state index in [9.17, 15) is 0 Å². The minimum atomic E-state index is 0.652. The SMILES string of the molecule is CCCC1CNC(C(C)CC)CN1CCOCCC(C)C. The van der Waals surface area contributed by atoms with E-state index in [4.69, 9.17) is 4.74 Å². The Morgan fingerprint density at radius 1 is 1.19 bits per heavy atom. The zero-order chi connectivity index (χ0) is 15.7. The summed E-state index contributed by atoms with van der Waals surface area (Å²) < 4.78 is 5.83. The second-order valence-electron chi connectivity index (χ2n) is 7.13. The Bertz CT molecular complexity index is 258. The maximum atomic E-state index is 5.83. The second kappa shape index (κ2) is 10.6. The zero-order valence-electron chi connectivity index (χ0n) is 15.0. The minimum Gasteiger partial charge on any atom is -0.380 e. The molecule has 1 fully saturated rings. The number of hydrogen-bond donors (Lipinski definition) is 1. The van der Waals surface area contributed by atoms with Crippen LogP contribution in [0.15, 0.2) is 0 Å². The maximum absolute atomic E-state index is 5.83. The lowest BCUT2D eigenvalue weighted by Gasteiger charge is -2.42. The molecule has 0 spiro atoms. The highest BCUT2D eigenvalue weighted by molar-refractivity contribution is 4.88. The molecule has 0 saturated carbocycles. The highest BCUT2D eigenvalue weighted by Gasteiger charge is 2.29. The summed E-state index contributed by atoms with van der Waals surface area (Å²) in [6.45, 7) is 16.7. The molecule has 1 aliphatic heterocycles. The third-order valence-corrected chi connectivity index (χ3v) is 4.88. The summed E-state index contributed by atoms with van der Waals surface area (Å²) in [5.41, 5.74) is 0. The summed E-state index contributed by atoms with van der Waals surface area (Å²) in [5, 5.41) is 3.77. The van der Waals surface area contributed by atoms with Gasteiger partial charge in [0, 0.05) is 38.3 Å². The van der Waals surface area contributed by atoms with Crippen LogP contribution in [-0.4, -0.2) is 49.8 Å². The van der Waals surface area contributed by atoms with Crippen molar-refractivity contribution in [3.8, 4) is 0 Å².